The van der Waals surface area contributed by atoms with Gasteiger partial charge in [0.25, 0.3) is 0 Å². The highest BCUT2D eigenvalue weighted by Gasteiger charge is 2.52. The number of nitrogens with zero attached hydrogens (tertiary/aromatic N) is 2. The van der Waals surface area contributed by atoms with Crippen molar-refractivity contribution in [3.05, 3.63) is 35.5 Å². The van der Waals surface area contributed by atoms with Gasteiger partial charge in [-0.15, -0.1) is 0 Å². The SMILES string of the molecule is COC(=O)[C@@H]1C(=O)n2c3c(c4ccccc42)CCN2CCC[C@H]1[C@H]32. The number of hydrogen-bond donors (Lipinski definition) is 0. The third-order valence-electron chi connectivity index (χ3n) is 6.10. The number of rotatable bonds is 1. The highest BCUT2D eigenvalue weighted by atomic mass is 16.5. The third-order valence-corrected chi connectivity index (χ3v) is 6.10. The van der Waals surface area contributed by atoms with Crippen molar-refractivity contribution >= 4 is 22.8 Å². The van der Waals surface area contributed by atoms with Crippen LogP contribution < -0.4 is 0 Å². The Morgan fingerprint density at radius 2 is 2.08 bits per heavy atom. The van der Waals surface area contributed by atoms with Crippen LogP contribution in [0.3, 0.4) is 0 Å². The van der Waals surface area contributed by atoms with Crippen LogP contribution in [-0.4, -0.2) is 41.5 Å². The predicted molar refractivity (Wildman–Crippen MR) is 88.8 cm³/mol. The number of esters is 1. The molecular weight excluding hydrogens is 304 g/mol. The monoisotopic (exact) mass is 324 g/mol. The van der Waals surface area contributed by atoms with Crippen LogP contribution in [0.2, 0.25) is 0 Å². The molecule has 4 heterocycles. The van der Waals surface area contributed by atoms with Gasteiger partial charge in [0.05, 0.1) is 18.7 Å². The van der Waals surface area contributed by atoms with E-state index in [1.165, 1.54) is 12.7 Å². The molecule has 0 aliphatic carbocycles. The van der Waals surface area contributed by atoms with Crippen LogP contribution in [0.4, 0.5) is 0 Å². The number of piperidine rings is 1. The summed E-state index contributed by atoms with van der Waals surface area (Å²) in [5, 5.41) is 1.16. The molecule has 2 aromatic rings. The molecule has 5 heteroatoms. The second kappa shape index (κ2) is 4.93. The average Bonchev–Trinajstić information content (AvgIpc) is 2.96. The highest BCUT2D eigenvalue weighted by molar-refractivity contribution is 6.06. The van der Waals surface area contributed by atoms with Crippen molar-refractivity contribution < 1.29 is 14.3 Å². The molecule has 124 valence electrons. The van der Waals surface area contributed by atoms with Crippen LogP contribution in [0.1, 0.15) is 34.9 Å². The van der Waals surface area contributed by atoms with Crippen molar-refractivity contribution in [1.29, 1.82) is 0 Å². The van der Waals surface area contributed by atoms with Gasteiger partial charge in [-0.1, -0.05) is 18.2 Å². The van der Waals surface area contributed by atoms with E-state index in [-0.39, 0.29) is 23.8 Å². The minimum absolute atomic E-state index is 0.0366. The predicted octanol–water partition coefficient (Wildman–Crippen LogP) is 2.39. The van der Waals surface area contributed by atoms with Crippen molar-refractivity contribution in [1.82, 2.24) is 9.47 Å². The molecule has 3 aliphatic rings. The van der Waals surface area contributed by atoms with Crippen molar-refractivity contribution in [2.24, 2.45) is 11.8 Å². The zero-order chi connectivity index (χ0) is 16.4. The number of ether oxygens (including phenoxy) is 1. The van der Waals surface area contributed by atoms with Gasteiger partial charge >= 0.3 is 5.97 Å². The molecular formula is C19H20N2O3. The summed E-state index contributed by atoms with van der Waals surface area (Å²) in [4.78, 5) is 28.2. The van der Waals surface area contributed by atoms with Crippen LogP contribution >= 0.6 is 0 Å². The number of methoxy groups -OCH3 is 1. The summed E-state index contributed by atoms with van der Waals surface area (Å²) in [7, 11) is 1.38. The average molecular weight is 324 g/mol. The second-order valence-corrected chi connectivity index (χ2v) is 7.09. The molecule has 0 bridgehead atoms. The van der Waals surface area contributed by atoms with Gasteiger partial charge in [-0.05, 0) is 37.4 Å². The molecule has 1 aromatic carbocycles. The number of hydrogen-bond acceptors (Lipinski definition) is 4. The van der Waals surface area contributed by atoms with Gasteiger partial charge in [0.1, 0.15) is 5.92 Å². The molecule has 0 radical (unpaired) electrons. The molecule has 0 unspecified atom stereocenters. The standard InChI is InChI=1S/C19H20N2O3/c1-24-19(23)15-13-6-4-9-20-10-8-12-11-5-2-3-7-14(11)21(18(15)22)17(12)16(13)20/h2-3,5,7,13,15-16H,4,6,8-10H2,1H3/t13-,15+,16-/m1/s1. The molecule has 3 atom stereocenters. The number of aromatic nitrogens is 1. The van der Waals surface area contributed by atoms with E-state index in [4.69, 9.17) is 4.74 Å². The lowest BCUT2D eigenvalue weighted by Crippen LogP contribution is -2.53. The van der Waals surface area contributed by atoms with Crippen molar-refractivity contribution in [3.8, 4) is 0 Å². The summed E-state index contributed by atoms with van der Waals surface area (Å²) in [5.41, 5.74) is 3.37. The minimum atomic E-state index is -0.683. The third kappa shape index (κ3) is 1.63. The van der Waals surface area contributed by atoms with Gasteiger partial charge in [-0.2, -0.15) is 0 Å². The summed E-state index contributed by atoms with van der Waals surface area (Å²) >= 11 is 0. The van der Waals surface area contributed by atoms with Crippen LogP contribution in [0.5, 0.6) is 0 Å². The summed E-state index contributed by atoms with van der Waals surface area (Å²) < 4.78 is 6.83. The van der Waals surface area contributed by atoms with E-state index < -0.39 is 5.92 Å². The Hall–Kier alpha value is -2.14. The molecule has 0 amide bonds. The van der Waals surface area contributed by atoms with Crippen molar-refractivity contribution in [2.75, 3.05) is 20.2 Å². The van der Waals surface area contributed by atoms with E-state index in [1.807, 2.05) is 22.8 Å². The van der Waals surface area contributed by atoms with E-state index in [9.17, 15) is 9.59 Å². The van der Waals surface area contributed by atoms with Gasteiger partial charge in [-0.3, -0.25) is 19.1 Å². The van der Waals surface area contributed by atoms with Gasteiger partial charge in [0, 0.05) is 23.5 Å². The second-order valence-electron chi connectivity index (χ2n) is 7.09. The first kappa shape index (κ1) is 14.2. The molecule has 0 N–H and O–H groups in total. The topological polar surface area (TPSA) is 51.5 Å². The maximum atomic E-state index is 13.3. The Balaban J connectivity index is 1.83. The number of fused-ring (bicyclic) bond motifs is 3. The van der Waals surface area contributed by atoms with Crippen LogP contribution in [0.25, 0.3) is 10.9 Å². The van der Waals surface area contributed by atoms with E-state index in [2.05, 4.69) is 11.0 Å². The van der Waals surface area contributed by atoms with Gasteiger partial charge in [0.15, 0.2) is 0 Å². The normalized spacial score (nSPS) is 28.7. The maximum absolute atomic E-state index is 13.3. The summed E-state index contributed by atoms with van der Waals surface area (Å²) in [5.74, 6) is -1.14. The first-order valence-electron chi connectivity index (χ1n) is 8.70. The minimum Gasteiger partial charge on any atom is -0.468 e. The lowest BCUT2D eigenvalue weighted by molar-refractivity contribution is -0.148. The molecule has 0 saturated carbocycles. The Bertz CT molecular complexity index is 869. The van der Waals surface area contributed by atoms with Crippen LogP contribution in [0, 0.1) is 11.8 Å². The van der Waals surface area contributed by atoms with E-state index in [0.717, 1.165) is 48.9 Å². The molecule has 5 rings (SSSR count). The molecule has 1 fully saturated rings. The molecule has 3 aliphatic heterocycles. The first-order valence-corrected chi connectivity index (χ1v) is 8.70. The van der Waals surface area contributed by atoms with Crippen LogP contribution in [-0.2, 0) is 16.0 Å². The number of benzene rings is 1. The van der Waals surface area contributed by atoms with Gasteiger partial charge in [0.2, 0.25) is 5.91 Å². The zero-order valence-corrected chi connectivity index (χ0v) is 13.7. The molecule has 5 nitrogen and oxygen atoms in total. The number of carbonyl (C=O) groups excluding carboxylic acids is 2. The Morgan fingerprint density at radius 1 is 1.25 bits per heavy atom. The molecule has 24 heavy (non-hydrogen) atoms. The largest absolute Gasteiger partial charge is 0.468 e. The fourth-order valence-electron chi connectivity index (χ4n) is 5.19. The lowest BCUT2D eigenvalue weighted by atomic mass is 9.73. The Kier molecular flexibility index (Phi) is 2.92. The Labute approximate surface area is 140 Å². The van der Waals surface area contributed by atoms with Gasteiger partial charge in [-0.25, -0.2) is 0 Å². The first-order chi connectivity index (χ1) is 11.7. The van der Waals surface area contributed by atoms with Crippen molar-refractivity contribution in [2.45, 2.75) is 25.3 Å². The van der Waals surface area contributed by atoms with Crippen LogP contribution in [0.15, 0.2) is 24.3 Å². The summed E-state index contributed by atoms with van der Waals surface area (Å²) in [6.07, 6.45) is 2.92. The molecule has 1 saturated heterocycles. The highest BCUT2D eigenvalue weighted by Crippen LogP contribution is 2.50. The maximum Gasteiger partial charge on any atom is 0.318 e. The van der Waals surface area contributed by atoms with Gasteiger partial charge < -0.3 is 4.74 Å². The summed E-state index contributed by atoms with van der Waals surface area (Å²) in [6, 6.07) is 8.24. The van der Waals surface area contributed by atoms with E-state index in [1.54, 1.807) is 0 Å². The fourth-order valence-corrected chi connectivity index (χ4v) is 5.19. The smallest absolute Gasteiger partial charge is 0.318 e. The van der Waals surface area contributed by atoms with Crippen molar-refractivity contribution in [3.63, 3.8) is 0 Å². The summed E-state index contributed by atoms with van der Waals surface area (Å²) in [6.45, 7) is 2.05. The molecule has 0 spiro atoms. The number of carbonyl (C=O) groups is 2. The Morgan fingerprint density at radius 3 is 2.92 bits per heavy atom. The van der Waals surface area contributed by atoms with E-state index >= 15 is 0 Å². The fraction of sp³-hybridized carbons (Fsp3) is 0.474. The van der Waals surface area contributed by atoms with E-state index in [0.29, 0.717) is 0 Å². The molecule has 1 aromatic heterocycles. The zero-order valence-electron chi connectivity index (χ0n) is 13.7. The lowest BCUT2D eigenvalue weighted by Gasteiger charge is -2.48. The number of para-hydroxylation sites is 1. The quantitative estimate of drug-likeness (QED) is 0.597.